The monoisotopic (exact) mass is 263 g/mol. The Morgan fingerprint density at radius 2 is 2.11 bits per heavy atom. The van der Waals surface area contributed by atoms with E-state index in [1.54, 1.807) is 25.4 Å². The first-order valence-electron chi connectivity index (χ1n) is 5.81. The van der Waals surface area contributed by atoms with Crippen molar-refractivity contribution in [1.82, 2.24) is 15.6 Å². The Morgan fingerprint density at radius 1 is 1.37 bits per heavy atom. The fourth-order valence-electron chi connectivity index (χ4n) is 1.51. The molecule has 0 aliphatic carbocycles. The second-order valence-corrected chi connectivity index (χ2v) is 3.90. The number of aromatic nitrogens is 1. The number of nitrogens with one attached hydrogen (secondary N) is 2. The van der Waals surface area contributed by atoms with Gasteiger partial charge in [0.1, 0.15) is 5.82 Å². The minimum Gasteiger partial charge on any atom is -0.439 e. The van der Waals surface area contributed by atoms with Gasteiger partial charge in [0, 0.05) is 12.6 Å². The first-order valence-corrected chi connectivity index (χ1v) is 5.81. The van der Waals surface area contributed by atoms with Gasteiger partial charge in [-0.25, -0.2) is 9.37 Å². The number of carbonyl (C=O) groups excluding carboxylic acids is 1. The van der Waals surface area contributed by atoms with Gasteiger partial charge in [0.05, 0.1) is 19.3 Å². The van der Waals surface area contributed by atoms with Crippen molar-refractivity contribution < 1.29 is 13.6 Å². The normalized spacial score (nSPS) is 10.4. The first kappa shape index (κ1) is 13.2. The molecule has 19 heavy (non-hydrogen) atoms. The summed E-state index contributed by atoms with van der Waals surface area (Å²) in [5.74, 6) is 0.640. The molecule has 1 heterocycles. The van der Waals surface area contributed by atoms with Crippen LogP contribution in [-0.2, 0) is 11.3 Å². The molecule has 0 fully saturated rings. The molecule has 1 amide bonds. The molecule has 2 N–H and O–H groups in total. The molecule has 0 spiro atoms. The zero-order valence-corrected chi connectivity index (χ0v) is 10.4. The Hall–Kier alpha value is -2.21. The molecule has 0 aliphatic heterocycles. The molecule has 0 saturated carbocycles. The summed E-state index contributed by atoms with van der Waals surface area (Å²) in [5.41, 5.74) is 0.756. The number of rotatable bonds is 5. The van der Waals surface area contributed by atoms with Crippen LogP contribution in [0.4, 0.5) is 4.39 Å². The summed E-state index contributed by atoms with van der Waals surface area (Å²) in [5, 5.41) is 5.40. The lowest BCUT2D eigenvalue weighted by Crippen LogP contribution is -2.31. The van der Waals surface area contributed by atoms with Crippen LogP contribution in [0.15, 0.2) is 34.9 Å². The fourth-order valence-corrected chi connectivity index (χ4v) is 1.51. The maximum Gasteiger partial charge on any atom is 0.233 e. The van der Waals surface area contributed by atoms with Crippen molar-refractivity contribution in [3.8, 4) is 11.3 Å². The minimum atomic E-state index is -0.296. The molecule has 0 aliphatic rings. The molecule has 0 saturated heterocycles. The number of halogens is 1. The maximum absolute atomic E-state index is 12.8. The number of oxazole rings is 1. The van der Waals surface area contributed by atoms with Crippen molar-refractivity contribution in [2.45, 2.75) is 6.54 Å². The largest absolute Gasteiger partial charge is 0.439 e. The highest BCUT2D eigenvalue weighted by Gasteiger charge is 2.06. The average molecular weight is 263 g/mol. The van der Waals surface area contributed by atoms with E-state index in [1.165, 1.54) is 12.1 Å². The molecule has 0 unspecified atom stereocenters. The highest BCUT2D eigenvalue weighted by atomic mass is 19.1. The van der Waals surface area contributed by atoms with E-state index in [9.17, 15) is 9.18 Å². The first-order chi connectivity index (χ1) is 9.19. The van der Waals surface area contributed by atoms with Gasteiger partial charge in [-0.3, -0.25) is 10.1 Å². The molecule has 1 aromatic heterocycles. The number of carbonyl (C=O) groups is 1. The second kappa shape index (κ2) is 6.10. The molecule has 1 aromatic carbocycles. The number of amides is 1. The summed E-state index contributed by atoms with van der Waals surface area (Å²) >= 11 is 0. The van der Waals surface area contributed by atoms with Crippen molar-refractivity contribution in [3.63, 3.8) is 0 Å². The van der Waals surface area contributed by atoms with E-state index < -0.39 is 0 Å². The van der Waals surface area contributed by atoms with E-state index in [4.69, 9.17) is 4.42 Å². The molecule has 0 atom stereocenters. The zero-order valence-electron chi connectivity index (χ0n) is 10.4. The lowest BCUT2D eigenvalue weighted by molar-refractivity contribution is -0.119. The van der Waals surface area contributed by atoms with E-state index in [0.29, 0.717) is 18.2 Å². The highest BCUT2D eigenvalue weighted by molar-refractivity contribution is 5.77. The van der Waals surface area contributed by atoms with Gasteiger partial charge in [-0.05, 0) is 24.3 Å². The zero-order chi connectivity index (χ0) is 13.7. The van der Waals surface area contributed by atoms with Gasteiger partial charge in [0.2, 0.25) is 11.8 Å². The Balaban J connectivity index is 1.95. The van der Waals surface area contributed by atoms with Crippen molar-refractivity contribution in [2.24, 2.45) is 0 Å². The fraction of sp³-hybridized carbons (Fsp3) is 0.231. The van der Waals surface area contributed by atoms with Crippen LogP contribution in [0, 0.1) is 5.82 Å². The van der Waals surface area contributed by atoms with E-state index in [1.807, 2.05) is 0 Å². The molecule has 5 nitrogen and oxygen atoms in total. The van der Waals surface area contributed by atoms with Gasteiger partial charge in [0.15, 0.2) is 5.76 Å². The third kappa shape index (κ3) is 3.62. The lowest BCUT2D eigenvalue weighted by Gasteiger charge is -2.00. The lowest BCUT2D eigenvalue weighted by atomic mass is 10.2. The number of hydrogen-bond acceptors (Lipinski definition) is 4. The quantitative estimate of drug-likeness (QED) is 0.853. The van der Waals surface area contributed by atoms with Gasteiger partial charge < -0.3 is 9.73 Å². The van der Waals surface area contributed by atoms with Crippen molar-refractivity contribution in [1.29, 1.82) is 0 Å². The van der Waals surface area contributed by atoms with Crippen LogP contribution in [0.2, 0.25) is 0 Å². The third-order valence-corrected chi connectivity index (χ3v) is 2.52. The van der Waals surface area contributed by atoms with E-state index in [-0.39, 0.29) is 18.3 Å². The molecule has 2 aromatic rings. The maximum atomic E-state index is 12.8. The van der Waals surface area contributed by atoms with Gasteiger partial charge in [-0.1, -0.05) is 0 Å². The van der Waals surface area contributed by atoms with Gasteiger partial charge >= 0.3 is 0 Å². The minimum absolute atomic E-state index is 0.106. The standard InChI is InChI=1S/C13H14FN3O2/c1-15-12(18)7-16-8-13-17-6-11(19-13)9-2-4-10(14)5-3-9/h2-6,16H,7-8H2,1H3,(H,15,18). The molecule has 0 bridgehead atoms. The Morgan fingerprint density at radius 3 is 2.79 bits per heavy atom. The summed E-state index contributed by atoms with van der Waals surface area (Å²) in [7, 11) is 1.57. The van der Waals surface area contributed by atoms with Gasteiger partial charge in [-0.2, -0.15) is 0 Å². The third-order valence-electron chi connectivity index (χ3n) is 2.52. The summed E-state index contributed by atoms with van der Waals surface area (Å²) in [6.07, 6.45) is 1.57. The van der Waals surface area contributed by atoms with Crippen LogP contribution >= 0.6 is 0 Å². The Bertz CT molecular complexity index is 551. The molecule has 2 rings (SSSR count). The summed E-state index contributed by atoms with van der Waals surface area (Å²) in [4.78, 5) is 15.1. The van der Waals surface area contributed by atoms with Crippen LogP contribution in [0.25, 0.3) is 11.3 Å². The predicted octanol–water partition coefficient (Wildman–Crippen LogP) is 1.32. The highest BCUT2D eigenvalue weighted by Crippen LogP contribution is 2.20. The molecular formula is C13H14FN3O2. The number of nitrogens with zero attached hydrogens (tertiary/aromatic N) is 1. The average Bonchev–Trinajstić information content (AvgIpc) is 2.88. The molecular weight excluding hydrogens is 249 g/mol. The van der Waals surface area contributed by atoms with Crippen molar-refractivity contribution in [3.05, 3.63) is 42.2 Å². The summed E-state index contributed by atoms with van der Waals surface area (Å²) in [6, 6.07) is 5.97. The van der Waals surface area contributed by atoms with Crippen molar-refractivity contribution in [2.75, 3.05) is 13.6 Å². The van der Waals surface area contributed by atoms with E-state index >= 15 is 0 Å². The number of benzene rings is 1. The topological polar surface area (TPSA) is 67.2 Å². The van der Waals surface area contributed by atoms with Crippen LogP contribution < -0.4 is 10.6 Å². The molecule has 100 valence electrons. The van der Waals surface area contributed by atoms with Crippen LogP contribution in [0.1, 0.15) is 5.89 Å². The van der Waals surface area contributed by atoms with Crippen LogP contribution in [-0.4, -0.2) is 24.5 Å². The van der Waals surface area contributed by atoms with Crippen LogP contribution in [0.5, 0.6) is 0 Å². The van der Waals surface area contributed by atoms with E-state index in [2.05, 4.69) is 15.6 Å². The Labute approximate surface area is 109 Å². The number of likely N-dealkylation sites (N-methyl/N-ethyl adjacent to an activating group) is 1. The Kier molecular flexibility index (Phi) is 4.25. The SMILES string of the molecule is CNC(=O)CNCc1ncc(-c2ccc(F)cc2)o1. The van der Waals surface area contributed by atoms with Gasteiger partial charge in [0.25, 0.3) is 0 Å². The molecule has 6 heteroatoms. The van der Waals surface area contributed by atoms with Gasteiger partial charge in [-0.15, -0.1) is 0 Å². The predicted molar refractivity (Wildman–Crippen MR) is 67.7 cm³/mol. The smallest absolute Gasteiger partial charge is 0.233 e. The molecule has 0 radical (unpaired) electrons. The van der Waals surface area contributed by atoms with Crippen molar-refractivity contribution >= 4 is 5.91 Å². The van der Waals surface area contributed by atoms with E-state index in [0.717, 1.165) is 5.56 Å². The second-order valence-electron chi connectivity index (χ2n) is 3.90. The van der Waals surface area contributed by atoms with Crippen LogP contribution in [0.3, 0.4) is 0 Å². The summed E-state index contributed by atoms with van der Waals surface area (Å²) < 4.78 is 18.3. The number of hydrogen-bond donors (Lipinski definition) is 2. The summed E-state index contributed by atoms with van der Waals surface area (Å²) in [6.45, 7) is 0.555.